The van der Waals surface area contributed by atoms with Gasteiger partial charge in [-0.15, -0.1) is 0 Å². The first-order chi connectivity index (χ1) is 21.0. The van der Waals surface area contributed by atoms with Crippen LogP contribution in [0.15, 0.2) is 111 Å². The molecule has 0 N–H and O–H groups in total. The second-order valence-corrected chi connectivity index (χ2v) is 11.7. The summed E-state index contributed by atoms with van der Waals surface area (Å²) in [5.41, 5.74) is 7.46. The molecule has 1 heterocycles. The summed E-state index contributed by atoms with van der Waals surface area (Å²) in [6.45, 7) is 0.966. The highest BCUT2D eigenvalue weighted by molar-refractivity contribution is 5.64. The van der Waals surface area contributed by atoms with Crippen LogP contribution in [0.1, 0.15) is 64.2 Å². The molecule has 0 saturated heterocycles. The van der Waals surface area contributed by atoms with Crippen LogP contribution in [0.5, 0.6) is 0 Å². The van der Waals surface area contributed by atoms with Crippen molar-refractivity contribution in [2.75, 3.05) is 38.0 Å². The number of hydrogen-bond acceptors (Lipinski definition) is 5. The molecule has 43 heavy (non-hydrogen) atoms. The number of anilines is 2. The average Bonchev–Trinajstić information content (AvgIpc) is 3.03. The molecule has 0 saturated carbocycles. The number of aromatic nitrogens is 1. The number of azo groups is 1. The quantitative estimate of drug-likeness (QED) is 0.0736. The Balaban J connectivity index is 1.16. The highest BCUT2D eigenvalue weighted by atomic mass is 15.2. The fraction of sp³-hybridized carbons (Fsp3) is 0.405. The summed E-state index contributed by atoms with van der Waals surface area (Å²) in [5.74, 6) is 0.898. The Bertz CT molecular complexity index is 1380. The summed E-state index contributed by atoms with van der Waals surface area (Å²) in [5, 5.41) is 9.01. The number of hydrogen-bond donors (Lipinski definition) is 0. The van der Waals surface area contributed by atoms with Gasteiger partial charge in [-0.3, -0.25) is 4.99 Å². The number of aliphatic imine (C=N–C) groups is 1. The molecule has 0 bridgehead atoms. The summed E-state index contributed by atoms with van der Waals surface area (Å²) < 4.78 is 2.21. The zero-order chi connectivity index (χ0) is 30.3. The number of aryl methyl sites for hydroxylation is 1. The van der Waals surface area contributed by atoms with Crippen molar-refractivity contribution in [1.29, 1.82) is 0 Å². The molecule has 0 atom stereocenters. The van der Waals surface area contributed by atoms with Crippen LogP contribution in [0.2, 0.25) is 0 Å². The van der Waals surface area contributed by atoms with Crippen LogP contribution in [0.4, 0.5) is 28.6 Å². The van der Waals surface area contributed by atoms with Crippen LogP contribution in [-0.4, -0.2) is 34.4 Å². The number of nitrogens with zero attached hydrogens (tertiary/aromatic N) is 6. The van der Waals surface area contributed by atoms with Crippen LogP contribution < -0.4 is 14.4 Å². The van der Waals surface area contributed by atoms with Crippen molar-refractivity contribution >= 4 is 34.8 Å². The molecule has 4 rings (SSSR count). The molecule has 1 aliphatic carbocycles. The monoisotopic (exact) mass is 577 g/mol. The molecular weight excluding hydrogens is 528 g/mol. The molecule has 0 radical (unpaired) electrons. The fourth-order valence-electron chi connectivity index (χ4n) is 5.35. The zero-order valence-electron chi connectivity index (χ0n) is 26.6. The lowest BCUT2D eigenvalue weighted by Crippen LogP contribution is -2.33. The van der Waals surface area contributed by atoms with E-state index in [4.69, 9.17) is 0 Å². The van der Waals surface area contributed by atoms with E-state index >= 15 is 0 Å². The molecule has 1 aliphatic rings. The minimum Gasteiger partial charge on any atom is -0.378 e. The molecule has 226 valence electrons. The number of benzene rings is 2. The predicted molar refractivity (Wildman–Crippen MR) is 183 cm³/mol. The maximum absolute atomic E-state index is 4.68. The van der Waals surface area contributed by atoms with E-state index < -0.39 is 0 Å². The molecule has 1 aromatic heterocycles. The minimum atomic E-state index is 0.867. The van der Waals surface area contributed by atoms with Crippen molar-refractivity contribution in [3.8, 4) is 0 Å². The zero-order valence-corrected chi connectivity index (χ0v) is 26.6. The van der Waals surface area contributed by atoms with Gasteiger partial charge in [0.2, 0.25) is 0 Å². The standard InChI is InChI=1S/C37H49N6/c1-41(2)35-24-20-33(21-25-35)38-28-14-18-32-17-10-9-16-31(32)15-8-6-5-7-12-29-43-30-13-11-19-37(43)40-39-34-22-26-36(27-23-34)42(3)4/h9,11,13,16,19-28,30H,5-8,10,12,14-15,17-18,29H2,1-4H3/q+1. The molecule has 0 fully saturated rings. The normalized spacial score (nSPS) is 13.4. The van der Waals surface area contributed by atoms with Gasteiger partial charge in [-0.2, -0.15) is 0 Å². The van der Waals surface area contributed by atoms with Crippen LogP contribution >= 0.6 is 0 Å². The Morgan fingerprint density at radius 2 is 1.40 bits per heavy atom. The van der Waals surface area contributed by atoms with Gasteiger partial charge >= 0.3 is 5.82 Å². The van der Waals surface area contributed by atoms with Gasteiger partial charge < -0.3 is 9.80 Å². The fourth-order valence-corrected chi connectivity index (χ4v) is 5.35. The van der Waals surface area contributed by atoms with E-state index in [2.05, 4.69) is 111 Å². The molecule has 0 spiro atoms. The lowest BCUT2D eigenvalue weighted by atomic mass is 9.91. The Labute approximate surface area is 259 Å². The van der Waals surface area contributed by atoms with Crippen molar-refractivity contribution in [3.63, 3.8) is 0 Å². The highest BCUT2D eigenvalue weighted by Gasteiger charge is 2.10. The second-order valence-electron chi connectivity index (χ2n) is 11.7. The first kappa shape index (κ1) is 31.9. The molecule has 6 nitrogen and oxygen atoms in total. The minimum absolute atomic E-state index is 0.867. The second kappa shape index (κ2) is 17.2. The number of rotatable bonds is 16. The van der Waals surface area contributed by atoms with Gasteiger partial charge in [0.25, 0.3) is 0 Å². The van der Waals surface area contributed by atoms with Crippen molar-refractivity contribution in [1.82, 2.24) is 0 Å². The molecule has 6 heteroatoms. The Kier molecular flexibility index (Phi) is 12.7. The van der Waals surface area contributed by atoms with Crippen LogP contribution in [0, 0.1) is 0 Å². The number of unbranched alkanes of at least 4 members (excludes halogenated alkanes) is 4. The van der Waals surface area contributed by atoms with Crippen molar-refractivity contribution in [2.45, 2.75) is 70.8 Å². The Morgan fingerprint density at radius 3 is 2.12 bits per heavy atom. The lowest BCUT2D eigenvalue weighted by Gasteiger charge is -2.15. The third kappa shape index (κ3) is 10.6. The Hall–Kier alpha value is -4.06. The molecule has 0 unspecified atom stereocenters. The largest absolute Gasteiger partial charge is 0.378 e. The summed E-state index contributed by atoms with van der Waals surface area (Å²) in [4.78, 5) is 8.87. The smallest absolute Gasteiger partial charge is 0.350 e. The number of allylic oxidation sites excluding steroid dienone is 4. The predicted octanol–water partition coefficient (Wildman–Crippen LogP) is 9.69. The molecular formula is C37H49N6+. The van der Waals surface area contributed by atoms with E-state index in [1.54, 1.807) is 11.1 Å². The van der Waals surface area contributed by atoms with Gasteiger partial charge in [-0.05, 0) is 117 Å². The molecule has 2 aromatic carbocycles. The third-order valence-electron chi connectivity index (χ3n) is 7.96. The van der Waals surface area contributed by atoms with Gasteiger partial charge in [0, 0.05) is 51.8 Å². The molecule has 3 aromatic rings. The van der Waals surface area contributed by atoms with Crippen LogP contribution in [0.3, 0.4) is 0 Å². The maximum atomic E-state index is 4.68. The first-order valence-corrected chi connectivity index (χ1v) is 15.8. The third-order valence-corrected chi connectivity index (χ3v) is 7.96. The topological polar surface area (TPSA) is 47.4 Å². The van der Waals surface area contributed by atoms with Crippen molar-refractivity contribution in [3.05, 3.63) is 96.2 Å². The van der Waals surface area contributed by atoms with Gasteiger partial charge in [0.15, 0.2) is 0 Å². The van der Waals surface area contributed by atoms with Crippen molar-refractivity contribution < 1.29 is 4.57 Å². The van der Waals surface area contributed by atoms with E-state index in [1.165, 1.54) is 50.6 Å². The average molecular weight is 578 g/mol. The summed E-state index contributed by atoms with van der Waals surface area (Å²) in [6, 6.07) is 22.7. The Morgan fingerprint density at radius 1 is 0.721 bits per heavy atom. The summed E-state index contributed by atoms with van der Waals surface area (Å²) in [7, 11) is 8.20. The SMILES string of the molecule is CN(C)c1ccc(N=CCCC2=C(CCCCCCC[n+]3ccccc3N=Nc3ccc(N(C)C)cc3)C=CCC2)cc1. The molecule has 0 aliphatic heterocycles. The number of pyridine rings is 1. The first-order valence-electron chi connectivity index (χ1n) is 15.8. The highest BCUT2D eigenvalue weighted by Crippen LogP contribution is 2.27. The maximum Gasteiger partial charge on any atom is 0.350 e. The van der Waals surface area contributed by atoms with Crippen LogP contribution in [-0.2, 0) is 6.54 Å². The van der Waals surface area contributed by atoms with E-state index in [-0.39, 0.29) is 0 Å². The van der Waals surface area contributed by atoms with Gasteiger partial charge in [0.05, 0.1) is 23.5 Å². The van der Waals surface area contributed by atoms with Gasteiger partial charge in [0.1, 0.15) is 5.69 Å². The van der Waals surface area contributed by atoms with E-state index in [0.29, 0.717) is 0 Å². The van der Waals surface area contributed by atoms with E-state index in [0.717, 1.165) is 48.7 Å². The summed E-state index contributed by atoms with van der Waals surface area (Å²) >= 11 is 0. The van der Waals surface area contributed by atoms with Crippen LogP contribution in [0.25, 0.3) is 0 Å². The van der Waals surface area contributed by atoms with E-state index in [9.17, 15) is 0 Å². The van der Waals surface area contributed by atoms with Gasteiger partial charge in [-0.25, -0.2) is 4.57 Å². The molecule has 0 amide bonds. The lowest BCUT2D eigenvalue weighted by molar-refractivity contribution is -0.684. The van der Waals surface area contributed by atoms with Crippen molar-refractivity contribution in [2.24, 2.45) is 15.2 Å². The van der Waals surface area contributed by atoms with E-state index in [1.807, 2.05) is 38.4 Å². The van der Waals surface area contributed by atoms with Gasteiger partial charge in [-0.1, -0.05) is 36.6 Å². The summed E-state index contributed by atoms with van der Waals surface area (Å²) in [6.07, 6.45) is 20.8.